The highest BCUT2D eigenvalue weighted by atomic mass is 79.9. The summed E-state index contributed by atoms with van der Waals surface area (Å²) in [6.07, 6.45) is 2.85. The molecule has 0 heterocycles. The molecule has 0 aliphatic heterocycles. The van der Waals surface area contributed by atoms with Gasteiger partial charge in [-0.25, -0.2) is 4.79 Å². The number of hydrogen-bond donors (Lipinski definition) is 1. The van der Waals surface area contributed by atoms with Crippen molar-refractivity contribution >= 4 is 27.6 Å². The summed E-state index contributed by atoms with van der Waals surface area (Å²) in [5.41, 5.74) is 0.896. The Bertz CT molecular complexity index is 350. The topological polar surface area (TPSA) is 38.3 Å². The molecule has 0 atom stereocenters. The Morgan fingerprint density at radius 1 is 1.50 bits per heavy atom. The third-order valence-electron chi connectivity index (χ3n) is 1.53. The van der Waals surface area contributed by atoms with Crippen LogP contribution in [0.1, 0.15) is 0 Å². The number of esters is 1. The second-order valence-corrected chi connectivity index (χ2v) is 3.34. The van der Waals surface area contributed by atoms with E-state index < -0.39 is 0 Å². The number of carbonyl (C=O) groups excluding carboxylic acids is 1. The quantitative estimate of drug-likeness (QED) is 0.667. The Balaban J connectivity index is 2.58. The minimum absolute atomic E-state index is 0.385. The van der Waals surface area contributed by atoms with E-state index >= 15 is 0 Å². The fourth-order valence-corrected chi connectivity index (χ4v) is 1.25. The SMILES string of the molecule is COC(=O)/C=C/Nc1ccccc1Br. The largest absolute Gasteiger partial charge is 0.466 e. The van der Waals surface area contributed by atoms with Gasteiger partial charge in [-0.2, -0.15) is 0 Å². The first kappa shape index (κ1) is 10.8. The minimum atomic E-state index is -0.385. The van der Waals surface area contributed by atoms with Crippen molar-refractivity contribution < 1.29 is 9.53 Å². The van der Waals surface area contributed by atoms with E-state index in [4.69, 9.17) is 0 Å². The van der Waals surface area contributed by atoms with Crippen molar-refractivity contribution in [1.29, 1.82) is 0 Å². The number of para-hydroxylation sites is 1. The van der Waals surface area contributed by atoms with Crippen molar-refractivity contribution in [3.8, 4) is 0 Å². The number of anilines is 1. The van der Waals surface area contributed by atoms with Crippen molar-refractivity contribution in [2.24, 2.45) is 0 Å². The average Bonchev–Trinajstić information content (AvgIpc) is 2.20. The smallest absolute Gasteiger partial charge is 0.331 e. The summed E-state index contributed by atoms with van der Waals surface area (Å²) in [6, 6.07) is 7.62. The fourth-order valence-electron chi connectivity index (χ4n) is 0.846. The summed E-state index contributed by atoms with van der Waals surface area (Å²) in [4.78, 5) is 10.7. The maximum Gasteiger partial charge on any atom is 0.331 e. The number of nitrogens with one attached hydrogen (secondary N) is 1. The van der Waals surface area contributed by atoms with Gasteiger partial charge >= 0.3 is 5.97 Å². The van der Waals surface area contributed by atoms with Gasteiger partial charge in [0.05, 0.1) is 12.8 Å². The second-order valence-electron chi connectivity index (χ2n) is 2.48. The molecule has 1 aromatic carbocycles. The maximum atomic E-state index is 10.7. The summed E-state index contributed by atoms with van der Waals surface area (Å²) in [6.45, 7) is 0. The van der Waals surface area contributed by atoms with Crippen molar-refractivity contribution in [3.63, 3.8) is 0 Å². The molecule has 0 aliphatic carbocycles. The van der Waals surface area contributed by atoms with Gasteiger partial charge in [0.25, 0.3) is 0 Å². The summed E-state index contributed by atoms with van der Waals surface area (Å²) in [5, 5.41) is 2.95. The molecule has 1 N–H and O–H groups in total. The summed E-state index contributed by atoms with van der Waals surface area (Å²) in [7, 11) is 1.34. The molecular formula is C10H10BrNO2. The third-order valence-corrected chi connectivity index (χ3v) is 2.22. The van der Waals surface area contributed by atoms with Gasteiger partial charge in [0.15, 0.2) is 0 Å². The second kappa shape index (κ2) is 5.44. The lowest BCUT2D eigenvalue weighted by atomic mass is 10.3. The highest BCUT2D eigenvalue weighted by Crippen LogP contribution is 2.20. The van der Waals surface area contributed by atoms with Gasteiger partial charge in [0.1, 0.15) is 0 Å². The molecule has 0 spiro atoms. The molecular weight excluding hydrogens is 246 g/mol. The lowest BCUT2D eigenvalue weighted by Crippen LogP contribution is -1.96. The lowest BCUT2D eigenvalue weighted by Gasteiger charge is -2.02. The highest BCUT2D eigenvalue weighted by molar-refractivity contribution is 9.10. The monoisotopic (exact) mass is 255 g/mol. The predicted octanol–water partition coefficient (Wildman–Crippen LogP) is 2.55. The van der Waals surface area contributed by atoms with Crippen molar-refractivity contribution in [2.45, 2.75) is 0 Å². The molecule has 3 nitrogen and oxygen atoms in total. The zero-order valence-corrected chi connectivity index (χ0v) is 9.24. The Hall–Kier alpha value is -1.29. The molecule has 1 rings (SSSR count). The normalized spacial score (nSPS) is 10.1. The molecule has 14 heavy (non-hydrogen) atoms. The standard InChI is InChI=1S/C10H10BrNO2/c1-14-10(13)6-7-12-9-5-3-2-4-8(9)11/h2-7,12H,1H3/b7-6+. The van der Waals surface area contributed by atoms with E-state index in [-0.39, 0.29) is 5.97 Å². The van der Waals surface area contributed by atoms with Gasteiger partial charge in [0.2, 0.25) is 0 Å². The zero-order chi connectivity index (χ0) is 10.4. The summed E-state index contributed by atoms with van der Waals surface area (Å²) in [5.74, 6) is -0.385. The van der Waals surface area contributed by atoms with E-state index in [1.54, 1.807) is 0 Å². The number of carbonyl (C=O) groups is 1. The van der Waals surface area contributed by atoms with E-state index in [0.717, 1.165) is 10.2 Å². The van der Waals surface area contributed by atoms with Crippen LogP contribution in [-0.4, -0.2) is 13.1 Å². The van der Waals surface area contributed by atoms with E-state index in [0.29, 0.717) is 0 Å². The molecule has 0 unspecified atom stereocenters. The molecule has 0 saturated carbocycles. The highest BCUT2D eigenvalue weighted by Gasteiger charge is 1.94. The number of benzene rings is 1. The third kappa shape index (κ3) is 3.22. The van der Waals surface area contributed by atoms with Crippen LogP contribution in [0.15, 0.2) is 41.0 Å². The van der Waals surface area contributed by atoms with Gasteiger partial charge in [-0.05, 0) is 28.1 Å². The number of hydrogen-bond acceptors (Lipinski definition) is 3. The van der Waals surface area contributed by atoms with E-state index in [2.05, 4.69) is 26.0 Å². The molecule has 0 amide bonds. The molecule has 74 valence electrons. The molecule has 0 fully saturated rings. The van der Waals surface area contributed by atoms with Gasteiger partial charge in [-0.15, -0.1) is 0 Å². The van der Waals surface area contributed by atoms with Gasteiger partial charge in [-0.1, -0.05) is 12.1 Å². The molecule has 1 aromatic rings. The van der Waals surface area contributed by atoms with E-state index in [9.17, 15) is 4.79 Å². The molecule has 0 aliphatic rings. The van der Waals surface area contributed by atoms with Crippen LogP contribution in [0.25, 0.3) is 0 Å². The van der Waals surface area contributed by atoms with Crippen LogP contribution in [0.2, 0.25) is 0 Å². The van der Waals surface area contributed by atoms with Crippen LogP contribution in [0.4, 0.5) is 5.69 Å². The Labute approximate surface area is 90.9 Å². The predicted molar refractivity (Wildman–Crippen MR) is 58.9 cm³/mol. The summed E-state index contributed by atoms with van der Waals surface area (Å²) >= 11 is 3.37. The Morgan fingerprint density at radius 2 is 2.21 bits per heavy atom. The van der Waals surface area contributed by atoms with Crippen molar-refractivity contribution in [3.05, 3.63) is 41.0 Å². The Morgan fingerprint density at radius 3 is 2.86 bits per heavy atom. The maximum absolute atomic E-state index is 10.7. The molecule has 0 radical (unpaired) electrons. The van der Waals surface area contributed by atoms with Crippen molar-refractivity contribution in [2.75, 3.05) is 12.4 Å². The molecule has 0 aromatic heterocycles. The minimum Gasteiger partial charge on any atom is -0.466 e. The zero-order valence-electron chi connectivity index (χ0n) is 7.66. The Kier molecular flexibility index (Phi) is 4.19. The van der Waals surface area contributed by atoms with Crippen LogP contribution < -0.4 is 5.32 Å². The number of ether oxygens (including phenoxy) is 1. The van der Waals surface area contributed by atoms with Crippen LogP contribution in [0.5, 0.6) is 0 Å². The number of halogens is 1. The van der Waals surface area contributed by atoms with Crippen LogP contribution in [0.3, 0.4) is 0 Å². The first-order valence-corrected chi connectivity index (χ1v) is 4.79. The number of rotatable bonds is 3. The van der Waals surface area contributed by atoms with Crippen LogP contribution in [0, 0.1) is 0 Å². The summed E-state index contributed by atoms with van der Waals surface area (Å²) < 4.78 is 5.38. The van der Waals surface area contributed by atoms with Gasteiger partial charge in [0, 0.05) is 16.7 Å². The van der Waals surface area contributed by atoms with Crippen LogP contribution >= 0.6 is 15.9 Å². The van der Waals surface area contributed by atoms with E-state index in [1.807, 2.05) is 24.3 Å². The van der Waals surface area contributed by atoms with Crippen LogP contribution in [-0.2, 0) is 9.53 Å². The first-order valence-electron chi connectivity index (χ1n) is 3.99. The molecule has 0 bridgehead atoms. The fraction of sp³-hybridized carbons (Fsp3) is 0.100. The average molecular weight is 256 g/mol. The lowest BCUT2D eigenvalue weighted by molar-refractivity contribution is -0.134. The molecule has 4 heteroatoms. The van der Waals surface area contributed by atoms with Crippen molar-refractivity contribution in [1.82, 2.24) is 0 Å². The molecule has 0 saturated heterocycles. The number of methoxy groups -OCH3 is 1. The van der Waals surface area contributed by atoms with E-state index in [1.165, 1.54) is 19.4 Å². The first-order chi connectivity index (χ1) is 6.74. The van der Waals surface area contributed by atoms with Gasteiger partial charge < -0.3 is 10.1 Å². The van der Waals surface area contributed by atoms with Gasteiger partial charge in [-0.3, -0.25) is 0 Å².